The van der Waals surface area contributed by atoms with Crippen LogP contribution in [0.3, 0.4) is 0 Å². The number of anilines is 2. The second kappa shape index (κ2) is 11.8. The maximum atomic E-state index is 13.2. The third kappa shape index (κ3) is 7.18. The highest BCUT2D eigenvalue weighted by atomic mass is 32.1. The number of ether oxygens (including phenoxy) is 1. The Morgan fingerprint density at radius 2 is 1.84 bits per heavy atom. The predicted octanol–water partition coefficient (Wildman–Crippen LogP) is 5.89. The van der Waals surface area contributed by atoms with Crippen molar-refractivity contribution >= 4 is 34.3 Å². The lowest BCUT2D eigenvalue weighted by atomic mass is 9.94. The molecule has 2 aromatic rings. The van der Waals surface area contributed by atoms with Crippen molar-refractivity contribution in [1.29, 1.82) is 0 Å². The van der Waals surface area contributed by atoms with Gasteiger partial charge in [0.15, 0.2) is 5.13 Å². The van der Waals surface area contributed by atoms with Gasteiger partial charge in [-0.1, -0.05) is 30.6 Å². The van der Waals surface area contributed by atoms with E-state index in [1.807, 2.05) is 38.7 Å². The van der Waals surface area contributed by atoms with Crippen LogP contribution in [0.2, 0.25) is 0 Å². The van der Waals surface area contributed by atoms with Gasteiger partial charge in [-0.05, 0) is 60.3 Å². The van der Waals surface area contributed by atoms with Gasteiger partial charge in [0.05, 0.1) is 6.20 Å². The maximum absolute atomic E-state index is 13.2. The summed E-state index contributed by atoms with van der Waals surface area (Å²) in [6, 6.07) is 2.22. The molecular weight excluding hydrogens is 488 g/mol. The lowest BCUT2D eigenvalue weighted by molar-refractivity contribution is 0.0203. The fraction of sp³-hybridized carbons (Fsp3) is 0.667. The van der Waals surface area contributed by atoms with Crippen molar-refractivity contribution in [3.8, 4) is 0 Å². The molecule has 37 heavy (non-hydrogen) atoms. The van der Waals surface area contributed by atoms with E-state index in [2.05, 4.69) is 22.2 Å². The number of piperidine rings is 1. The molecule has 9 nitrogen and oxygen atoms in total. The molecular formula is C27H40N6O3S. The number of aryl methyl sites for hydroxylation is 1. The Kier molecular flexibility index (Phi) is 8.67. The first-order valence-corrected chi connectivity index (χ1v) is 14.3. The van der Waals surface area contributed by atoms with Crippen LogP contribution in [-0.4, -0.2) is 68.0 Å². The van der Waals surface area contributed by atoms with E-state index in [1.165, 1.54) is 30.6 Å². The third-order valence-corrected chi connectivity index (χ3v) is 7.85. The number of rotatable bonds is 6. The zero-order chi connectivity index (χ0) is 26.6. The first-order chi connectivity index (χ1) is 17.6. The molecule has 1 saturated heterocycles. The summed E-state index contributed by atoms with van der Waals surface area (Å²) in [5, 5.41) is 3.93. The van der Waals surface area contributed by atoms with E-state index in [0.717, 1.165) is 37.2 Å². The Morgan fingerprint density at radius 1 is 1.14 bits per heavy atom. The largest absolute Gasteiger partial charge is 0.444 e. The van der Waals surface area contributed by atoms with Crippen LogP contribution in [0.4, 0.5) is 15.7 Å². The quantitative estimate of drug-likeness (QED) is 0.498. The minimum absolute atomic E-state index is 0.0660. The van der Waals surface area contributed by atoms with Gasteiger partial charge >= 0.3 is 6.09 Å². The highest BCUT2D eigenvalue weighted by Gasteiger charge is 2.29. The molecule has 2 amide bonds. The average molecular weight is 529 g/mol. The van der Waals surface area contributed by atoms with Crippen LogP contribution in [0.1, 0.15) is 99.7 Å². The fourth-order valence-corrected chi connectivity index (χ4v) is 5.91. The molecule has 1 aliphatic carbocycles. The van der Waals surface area contributed by atoms with Crippen molar-refractivity contribution in [3.05, 3.63) is 28.7 Å². The number of carbonyl (C=O) groups excluding carboxylic acids is 2. The Hall–Kier alpha value is -2.75. The lowest BCUT2D eigenvalue weighted by Gasteiger charge is -2.33. The molecule has 1 saturated carbocycles. The highest BCUT2D eigenvalue weighted by Crippen LogP contribution is 2.30. The maximum Gasteiger partial charge on any atom is 0.410 e. The minimum atomic E-state index is -0.501. The summed E-state index contributed by atoms with van der Waals surface area (Å²) >= 11 is 1.37. The standard InChI is InChI=1S/C27H40N6O3S/c1-6-33(20-10-8-7-9-11-20)24(34)21-17-28-25(37-21)31-22-16-18(2)29-23(30-22)19-12-14-32(15-13-19)26(35)36-27(3,4)5/h16-17,19-20H,6-15H2,1-5H3,(H,28,29,30,31). The zero-order valence-corrected chi connectivity index (χ0v) is 23.6. The Labute approximate surface area is 224 Å². The molecule has 0 atom stereocenters. The number of amides is 2. The van der Waals surface area contributed by atoms with E-state index in [9.17, 15) is 9.59 Å². The molecule has 1 aliphatic heterocycles. The van der Waals surface area contributed by atoms with Crippen LogP contribution in [0, 0.1) is 6.92 Å². The summed E-state index contributed by atoms with van der Waals surface area (Å²) in [7, 11) is 0. The van der Waals surface area contributed by atoms with Crippen molar-refractivity contribution in [1.82, 2.24) is 24.8 Å². The number of hydrogen-bond acceptors (Lipinski definition) is 8. The summed E-state index contributed by atoms with van der Waals surface area (Å²) in [5.74, 6) is 1.68. The van der Waals surface area contributed by atoms with Gasteiger partial charge in [-0.2, -0.15) is 0 Å². The molecule has 2 fully saturated rings. The lowest BCUT2D eigenvalue weighted by Crippen LogP contribution is -2.41. The minimum Gasteiger partial charge on any atom is -0.444 e. The first-order valence-electron chi connectivity index (χ1n) is 13.5. The van der Waals surface area contributed by atoms with E-state index in [1.54, 1.807) is 11.1 Å². The molecule has 0 aromatic carbocycles. The molecule has 2 aromatic heterocycles. The van der Waals surface area contributed by atoms with Gasteiger partial charge in [0, 0.05) is 43.4 Å². The molecule has 0 unspecified atom stereocenters. The van der Waals surface area contributed by atoms with E-state index in [0.29, 0.717) is 41.5 Å². The third-order valence-electron chi connectivity index (χ3n) is 6.95. The van der Waals surface area contributed by atoms with Crippen molar-refractivity contribution in [2.24, 2.45) is 0 Å². The van der Waals surface area contributed by atoms with Crippen molar-refractivity contribution in [2.75, 3.05) is 25.0 Å². The molecule has 202 valence electrons. The fourth-order valence-electron chi connectivity index (χ4n) is 5.13. The first kappa shape index (κ1) is 27.3. The zero-order valence-electron chi connectivity index (χ0n) is 22.7. The van der Waals surface area contributed by atoms with Crippen LogP contribution < -0.4 is 5.32 Å². The summed E-state index contributed by atoms with van der Waals surface area (Å²) in [4.78, 5) is 44.0. The van der Waals surface area contributed by atoms with Crippen LogP contribution in [0.15, 0.2) is 12.3 Å². The van der Waals surface area contributed by atoms with Gasteiger partial charge in [0.25, 0.3) is 5.91 Å². The number of carbonyl (C=O) groups is 2. The van der Waals surface area contributed by atoms with Crippen LogP contribution in [0.5, 0.6) is 0 Å². The Bertz CT molecular complexity index is 1080. The molecule has 1 N–H and O–H groups in total. The summed E-state index contributed by atoms with van der Waals surface area (Å²) in [6.07, 6.45) is 8.79. The van der Waals surface area contributed by atoms with Gasteiger partial charge < -0.3 is 19.9 Å². The topological polar surface area (TPSA) is 101 Å². The number of nitrogens with zero attached hydrogens (tertiary/aromatic N) is 5. The summed E-state index contributed by atoms with van der Waals surface area (Å²) in [6.45, 7) is 11.6. The van der Waals surface area contributed by atoms with Gasteiger partial charge in [-0.3, -0.25) is 4.79 Å². The molecule has 0 bridgehead atoms. The predicted molar refractivity (Wildman–Crippen MR) is 146 cm³/mol. The molecule has 10 heteroatoms. The van der Waals surface area contributed by atoms with Gasteiger partial charge in [-0.15, -0.1) is 0 Å². The Balaban J connectivity index is 1.39. The number of nitrogens with one attached hydrogen (secondary N) is 1. The van der Waals surface area contributed by atoms with E-state index < -0.39 is 5.60 Å². The van der Waals surface area contributed by atoms with E-state index >= 15 is 0 Å². The normalized spacial score (nSPS) is 17.5. The number of thiazole rings is 1. The average Bonchev–Trinajstić information content (AvgIpc) is 3.32. The Morgan fingerprint density at radius 3 is 2.49 bits per heavy atom. The van der Waals surface area contributed by atoms with Gasteiger partial charge in [0.1, 0.15) is 22.1 Å². The number of aromatic nitrogens is 3. The van der Waals surface area contributed by atoms with Gasteiger partial charge in [0.2, 0.25) is 0 Å². The van der Waals surface area contributed by atoms with Crippen LogP contribution >= 0.6 is 11.3 Å². The number of hydrogen-bond donors (Lipinski definition) is 1. The smallest absolute Gasteiger partial charge is 0.410 e. The highest BCUT2D eigenvalue weighted by molar-refractivity contribution is 7.17. The molecule has 4 rings (SSSR count). The van der Waals surface area contributed by atoms with E-state index in [-0.39, 0.29) is 17.9 Å². The van der Waals surface area contributed by atoms with Crippen LogP contribution in [-0.2, 0) is 4.74 Å². The second-order valence-electron chi connectivity index (χ2n) is 11.0. The number of likely N-dealkylation sites (tertiary alicyclic amines) is 1. The second-order valence-corrected chi connectivity index (χ2v) is 12.1. The monoisotopic (exact) mass is 528 g/mol. The van der Waals surface area contributed by atoms with E-state index in [4.69, 9.17) is 9.72 Å². The summed E-state index contributed by atoms with van der Waals surface area (Å²) in [5.41, 5.74) is 0.364. The van der Waals surface area contributed by atoms with Crippen molar-refractivity contribution in [2.45, 2.75) is 97.1 Å². The van der Waals surface area contributed by atoms with Crippen molar-refractivity contribution in [3.63, 3.8) is 0 Å². The SMILES string of the molecule is CCN(C(=O)c1cnc(Nc2cc(C)nc(C3CCN(C(=O)OC(C)(C)C)CC3)n2)s1)C1CCCCC1. The molecule has 0 spiro atoms. The van der Waals surface area contributed by atoms with Crippen LogP contribution in [0.25, 0.3) is 0 Å². The summed E-state index contributed by atoms with van der Waals surface area (Å²) < 4.78 is 5.51. The van der Waals surface area contributed by atoms with Crippen molar-refractivity contribution < 1.29 is 14.3 Å². The van der Waals surface area contributed by atoms with Gasteiger partial charge in [-0.25, -0.2) is 19.7 Å². The molecule has 0 radical (unpaired) electrons. The molecule has 2 aliphatic rings. The molecule has 3 heterocycles.